The molecule has 6 nitrogen and oxygen atoms in total. The number of nitrogens with zero attached hydrogens (tertiary/aromatic N) is 2. The molecule has 0 aliphatic carbocycles. The monoisotopic (exact) mass is 378 g/mol. The maximum atomic E-state index is 11.9. The van der Waals surface area contributed by atoms with E-state index < -0.39 is 0 Å². The molecule has 0 saturated heterocycles. The van der Waals surface area contributed by atoms with E-state index in [9.17, 15) is 4.79 Å². The summed E-state index contributed by atoms with van der Waals surface area (Å²) >= 11 is 3.43. The number of ether oxygens (including phenoxy) is 1. The Morgan fingerprint density at radius 2 is 2.04 bits per heavy atom. The lowest BCUT2D eigenvalue weighted by Crippen LogP contribution is -2.25. The summed E-state index contributed by atoms with van der Waals surface area (Å²) in [5.41, 5.74) is 2.42. The molecule has 0 fully saturated rings. The highest BCUT2D eigenvalue weighted by atomic mass is 79.9. The minimum absolute atomic E-state index is 0.188. The topological polar surface area (TPSA) is 76.1 Å². The van der Waals surface area contributed by atoms with E-state index in [1.807, 2.05) is 25.1 Å². The van der Waals surface area contributed by atoms with E-state index in [4.69, 9.17) is 4.74 Å². The maximum Gasteiger partial charge on any atom is 0.254 e. The fourth-order valence-corrected chi connectivity index (χ4v) is 2.39. The standard InChI is InChI=1S/C16H19BrN4O2/c1-11-8-13(17)4-5-14(11)21-16-19-9-12(10-20-16)15(22)18-6-3-7-23-2/h4-5,8-10H,3,6-7H2,1-2H3,(H,18,22)(H,19,20,21). The van der Waals surface area contributed by atoms with E-state index in [1.165, 1.54) is 12.4 Å². The Kier molecular flexibility index (Phi) is 6.49. The van der Waals surface area contributed by atoms with Crippen molar-refractivity contribution in [3.8, 4) is 0 Å². The van der Waals surface area contributed by atoms with Gasteiger partial charge in [-0.1, -0.05) is 15.9 Å². The highest BCUT2D eigenvalue weighted by Gasteiger charge is 2.07. The third-order valence-electron chi connectivity index (χ3n) is 3.16. The van der Waals surface area contributed by atoms with Gasteiger partial charge in [-0.05, 0) is 37.1 Å². The van der Waals surface area contributed by atoms with Gasteiger partial charge in [0.05, 0.1) is 5.56 Å². The average Bonchev–Trinajstić information content (AvgIpc) is 2.55. The van der Waals surface area contributed by atoms with Crippen molar-refractivity contribution >= 4 is 33.5 Å². The second kappa shape index (κ2) is 8.59. The number of halogens is 1. The van der Waals surface area contributed by atoms with Crippen molar-refractivity contribution < 1.29 is 9.53 Å². The second-order valence-corrected chi connectivity index (χ2v) is 5.90. The Morgan fingerprint density at radius 1 is 1.30 bits per heavy atom. The van der Waals surface area contributed by atoms with Gasteiger partial charge in [0.2, 0.25) is 5.95 Å². The number of carbonyl (C=O) groups is 1. The van der Waals surface area contributed by atoms with Crippen LogP contribution in [0.4, 0.5) is 11.6 Å². The summed E-state index contributed by atoms with van der Waals surface area (Å²) in [5.74, 6) is 0.263. The smallest absolute Gasteiger partial charge is 0.254 e. The average molecular weight is 379 g/mol. The molecule has 1 aromatic heterocycles. The molecule has 122 valence electrons. The molecule has 0 aliphatic heterocycles. The van der Waals surface area contributed by atoms with Crippen LogP contribution in [-0.2, 0) is 4.74 Å². The van der Waals surface area contributed by atoms with E-state index in [0.29, 0.717) is 24.7 Å². The summed E-state index contributed by atoms with van der Waals surface area (Å²) in [5, 5.41) is 5.93. The molecule has 7 heteroatoms. The lowest BCUT2D eigenvalue weighted by Gasteiger charge is -2.09. The van der Waals surface area contributed by atoms with Crippen LogP contribution in [0.1, 0.15) is 22.3 Å². The fraction of sp³-hybridized carbons (Fsp3) is 0.312. The molecule has 0 atom stereocenters. The van der Waals surface area contributed by atoms with Crippen molar-refractivity contribution in [2.24, 2.45) is 0 Å². The molecule has 0 saturated carbocycles. The lowest BCUT2D eigenvalue weighted by molar-refractivity contribution is 0.0948. The van der Waals surface area contributed by atoms with Crippen molar-refractivity contribution in [3.63, 3.8) is 0 Å². The van der Waals surface area contributed by atoms with Gasteiger partial charge in [-0.25, -0.2) is 9.97 Å². The molecule has 0 radical (unpaired) electrons. The van der Waals surface area contributed by atoms with Crippen LogP contribution >= 0.6 is 15.9 Å². The van der Waals surface area contributed by atoms with Gasteiger partial charge in [0.15, 0.2) is 0 Å². The zero-order valence-corrected chi connectivity index (χ0v) is 14.7. The number of hydrogen-bond acceptors (Lipinski definition) is 5. The zero-order chi connectivity index (χ0) is 16.7. The second-order valence-electron chi connectivity index (χ2n) is 4.98. The minimum atomic E-state index is -0.188. The first-order chi connectivity index (χ1) is 11.1. The van der Waals surface area contributed by atoms with Crippen molar-refractivity contribution in [2.45, 2.75) is 13.3 Å². The van der Waals surface area contributed by atoms with Crippen LogP contribution in [0.5, 0.6) is 0 Å². The molecule has 23 heavy (non-hydrogen) atoms. The fourth-order valence-electron chi connectivity index (χ4n) is 1.92. The predicted molar refractivity (Wildman–Crippen MR) is 93.0 cm³/mol. The van der Waals surface area contributed by atoms with E-state index in [2.05, 4.69) is 36.5 Å². The number of anilines is 2. The van der Waals surface area contributed by atoms with Crippen LogP contribution < -0.4 is 10.6 Å². The van der Waals surface area contributed by atoms with Crippen LogP contribution in [0.15, 0.2) is 35.1 Å². The molecule has 1 aromatic carbocycles. The van der Waals surface area contributed by atoms with E-state index in [0.717, 1.165) is 22.1 Å². The van der Waals surface area contributed by atoms with E-state index in [-0.39, 0.29) is 5.91 Å². The summed E-state index contributed by atoms with van der Waals surface area (Å²) in [6.07, 6.45) is 3.79. The van der Waals surface area contributed by atoms with Gasteiger partial charge in [0.1, 0.15) is 0 Å². The Balaban J connectivity index is 1.95. The highest BCUT2D eigenvalue weighted by Crippen LogP contribution is 2.22. The molecule has 1 heterocycles. The maximum absolute atomic E-state index is 11.9. The van der Waals surface area contributed by atoms with Gasteiger partial charge in [-0.2, -0.15) is 0 Å². The summed E-state index contributed by atoms with van der Waals surface area (Å²) in [7, 11) is 1.63. The molecule has 2 aromatic rings. The molecule has 0 unspecified atom stereocenters. The SMILES string of the molecule is COCCCNC(=O)c1cnc(Nc2ccc(Br)cc2C)nc1. The normalized spacial score (nSPS) is 10.4. The molecule has 0 spiro atoms. The van der Waals surface area contributed by atoms with Crippen LogP contribution in [0.3, 0.4) is 0 Å². The minimum Gasteiger partial charge on any atom is -0.385 e. The summed E-state index contributed by atoms with van der Waals surface area (Å²) < 4.78 is 5.95. The Labute approximate surface area is 143 Å². The zero-order valence-electron chi connectivity index (χ0n) is 13.1. The number of nitrogens with one attached hydrogen (secondary N) is 2. The molecule has 0 aliphatic rings. The van der Waals surface area contributed by atoms with Crippen molar-refractivity contribution in [1.29, 1.82) is 0 Å². The summed E-state index contributed by atoms with van der Waals surface area (Å²) in [6.45, 7) is 3.17. The van der Waals surface area contributed by atoms with E-state index in [1.54, 1.807) is 7.11 Å². The van der Waals surface area contributed by atoms with E-state index >= 15 is 0 Å². The summed E-state index contributed by atoms with van der Waals surface area (Å²) in [6, 6.07) is 5.89. The first-order valence-corrected chi connectivity index (χ1v) is 8.02. The summed E-state index contributed by atoms with van der Waals surface area (Å²) in [4.78, 5) is 20.3. The van der Waals surface area contributed by atoms with Crippen molar-refractivity contribution in [2.75, 3.05) is 25.6 Å². The Hall–Kier alpha value is -1.99. The number of aryl methyl sites for hydroxylation is 1. The first-order valence-electron chi connectivity index (χ1n) is 7.22. The number of rotatable bonds is 7. The number of amides is 1. The molecular weight excluding hydrogens is 360 g/mol. The van der Waals surface area contributed by atoms with Gasteiger partial charge in [-0.15, -0.1) is 0 Å². The molecular formula is C16H19BrN4O2. The van der Waals surface area contributed by atoms with Gasteiger partial charge in [0.25, 0.3) is 5.91 Å². The number of benzene rings is 1. The first kappa shape index (κ1) is 17.4. The van der Waals surface area contributed by atoms with Crippen molar-refractivity contribution in [1.82, 2.24) is 15.3 Å². The van der Waals surface area contributed by atoms with Crippen LogP contribution in [0.25, 0.3) is 0 Å². The number of aromatic nitrogens is 2. The van der Waals surface area contributed by atoms with Gasteiger partial charge < -0.3 is 15.4 Å². The largest absolute Gasteiger partial charge is 0.385 e. The number of carbonyl (C=O) groups excluding carboxylic acids is 1. The third-order valence-corrected chi connectivity index (χ3v) is 3.65. The Morgan fingerprint density at radius 3 is 2.70 bits per heavy atom. The van der Waals surface area contributed by atoms with Crippen LogP contribution in [0, 0.1) is 6.92 Å². The van der Waals surface area contributed by atoms with Crippen LogP contribution in [-0.4, -0.2) is 36.1 Å². The van der Waals surface area contributed by atoms with Crippen LogP contribution in [0.2, 0.25) is 0 Å². The molecule has 2 rings (SSSR count). The quantitative estimate of drug-likeness (QED) is 0.724. The molecule has 1 amide bonds. The van der Waals surface area contributed by atoms with Gasteiger partial charge in [-0.3, -0.25) is 4.79 Å². The lowest BCUT2D eigenvalue weighted by atomic mass is 10.2. The molecule has 0 bridgehead atoms. The predicted octanol–water partition coefficient (Wildman–Crippen LogP) is 3.06. The number of methoxy groups -OCH3 is 1. The van der Waals surface area contributed by atoms with Gasteiger partial charge >= 0.3 is 0 Å². The van der Waals surface area contributed by atoms with Crippen molar-refractivity contribution in [3.05, 3.63) is 46.2 Å². The third kappa shape index (κ3) is 5.30. The highest BCUT2D eigenvalue weighted by molar-refractivity contribution is 9.10. The Bertz CT molecular complexity index is 662. The number of hydrogen-bond donors (Lipinski definition) is 2. The van der Waals surface area contributed by atoms with Gasteiger partial charge in [0, 0.05) is 42.8 Å². The molecule has 2 N–H and O–H groups in total.